The largest absolute Gasteiger partial charge is 0.480 e. The van der Waals surface area contributed by atoms with Gasteiger partial charge in [0.1, 0.15) is 6.04 Å². The van der Waals surface area contributed by atoms with Crippen molar-refractivity contribution >= 4 is 11.9 Å². The number of carbonyl (C=O) groups is 2. The molecule has 2 rings (SSSR count). The van der Waals surface area contributed by atoms with Gasteiger partial charge in [0.05, 0.1) is 12.3 Å². The molecule has 22 heavy (non-hydrogen) atoms. The number of alkyl halides is 3. The van der Waals surface area contributed by atoms with E-state index in [0.717, 1.165) is 24.0 Å². The molecule has 2 atom stereocenters. The van der Waals surface area contributed by atoms with Crippen LogP contribution in [-0.2, 0) is 16.0 Å². The van der Waals surface area contributed by atoms with E-state index in [4.69, 9.17) is 5.11 Å². The fraction of sp³-hybridized carbons (Fsp3) is 0.467. The van der Waals surface area contributed by atoms with Crippen LogP contribution in [0.15, 0.2) is 24.3 Å². The van der Waals surface area contributed by atoms with Crippen LogP contribution in [0.3, 0.4) is 0 Å². The minimum absolute atomic E-state index is 0.501. The Morgan fingerprint density at radius 3 is 2.64 bits per heavy atom. The Bertz CT molecular complexity index is 571. The van der Waals surface area contributed by atoms with Crippen molar-refractivity contribution in [2.24, 2.45) is 0 Å². The van der Waals surface area contributed by atoms with Gasteiger partial charge in [0, 0.05) is 0 Å². The van der Waals surface area contributed by atoms with Gasteiger partial charge < -0.3 is 10.4 Å². The molecule has 0 radical (unpaired) electrons. The van der Waals surface area contributed by atoms with Crippen molar-refractivity contribution in [2.75, 3.05) is 0 Å². The molecule has 2 unspecified atom stereocenters. The molecule has 0 aromatic heterocycles. The molecule has 1 amide bonds. The van der Waals surface area contributed by atoms with Crippen LogP contribution in [0.1, 0.15) is 36.3 Å². The lowest BCUT2D eigenvalue weighted by molar-refractivity contribution is -0.160. The molecule has 120 valence electrons. The van der Waals surface area contributed by atoms with Gasteiger partial charge in [-0.2, -0.15) is 13.2 Å². The van der Waals surface area contributed by atoms with Crippen LogP contribution in [0.4, 0.5) is 13.2 Å². The van der Waals surface area contributed by atoms with Gasteiger partial charge in [0.15, 0.2) is 0 Å². The zero-order valence-corrected chi connectivity index (χ0v) is 11.7. The summed E-state index contributed by atoms with van der Waals surface area (Å²) in [7, 11) is 0. The van der Waals surface area contributed by atoms with Gasteiger partial charge in [0.25, 0.3) is 0 Å². The van der Waals surface area contributed by atoms with Crippen molar-refractivity contribution in [3.05, 3.63) is 35.4 Å². The SMILES string of the molecule is O=C(O)C(CC(F)(F)F)NC(=O)C1CCCc2ccccc21. The molecule has 1 aromatic carbocycles. The Morgan fingerprint density at radius 2 is 2.00 bits per heavy atom. The summed E-state index contributed by atoms with van der Waals surface area (Å²) in [5.41, 5.74) is 1.75. The molecule has 0 heterocycles. The Labute approximate surface area is 125 Å². The molecule has 0 saturated carbocycles. The van der Waals surface area contributed by atoms with Crippen LogP contribution in [0, 0.1) is 0 Å². The summed E-state index contributed by atoms with van der Waals surface area (Å²) in [5.74, 6) is -2.95. The Balaban J connectivity index is 2.13. The van der Waals surface area contributed by atoms with Crippen molar-refractivity contribution in [1.29, 1.82) is 0 Å². The Morgan fingerprint density at radius 1 is 1.32 bits per heavy atom. The second-order valence-electron chi connectivity index (χ2n) is 5.36. The van der Waals surface area contributed by atoms with E-state index in [1.54, 1.807) is 12.1 Å². The molecule has 7 heteroatoms. The number of hydrogen-bond acceptors (Lipinski definition) is 2. The number of rotatable bonds is 4. The lowest BCUT2D eigenvalue weighted by atomic mass is 9.82. The number of carboxylic acids is 1. The van der Waals surface area contributed by atoms with Crippen LogP contribution >= 0.6 is 0 Å². The third kappa shape index (κ3) is 3.99. The highest BCUT2D eigenvalue weighted by Gasteiger charge is 2.37. The molecule has 1 aromatic rings. The van der Waals surface area contributed by atoms with Crippen LogP contribution in [0.2, 0.25) is 0 Å². The van der Waals surface area contributed by atoms with Crippen molar-refractivity contribution in [3.63, 3.8) is 0 Å². The summed E-state index contributed by atoms with van der Waals surface area (Å²) in [6, 6.07) is 5.27. The van der Waals surface area contributed by atoms with Gasteiger partial charge in [-0.1, -0.05) is 24.3 Å². The lowest BCUT2D eigenvalue weighted by Crippen LogP contribution is -2.45. The van der Waals surface area contributed by atoms with Crippen LogP contribution in [-0.4, -0.2) is 29.2 Å². The highest BCUT2D eigenvalue weighted by Crippen LogP contribution is 2.32. The van der Waals surface area contributed by atoms with E-state index in [1.165, 1.54) is 0 Å². The first-order chi connectivity index (χ1) is 10.3. The second-order valence-corrected chi connectivity index (χ2v) is 5.36. The molecule has 2 N–H and O–H groups in total. The average Bonchev–Trinajstić information content (AvgIpc) is 2.44. The number of aryl methyl sites for hydroxylation is 1. The minimum Gasteiger partial charge on any atom is -0.480 e. The second kappa shape index (κ2) is 6.37. The maximum Gasteiger partial charge on any atom is 0.391 e. The van der Waals surface area contributed by atoms with E-state index in [0.29, 0.717) is 6.42 Å². The third-order valence-electron chi connectivity index (χ3n) is 3.74. The number of carbonyl (C=O) groups excluding carboxylic acids is 1. The standard InChI is InChI=1S/C15H16F3NO3/c16-15(17,18)8-12(14(21)22)19-13(20)11-7-3-5-9-4-1-2-6-10(9)11/h1-2,4,6,11-12H,3,5,7-8H2,(H,19,20)(H,21,22). The molecule has 0 bridgehead atoms. The zero-order chi connectivity index (χ0) is 16.3. The van der Waals surface area contributed by atoms with Crippen molar-refractivity contribution < 1.29 is 27.9 Å². The molecule has 4 nitrogen and oxygen atoms in total. The fourth-order valence-electron chi connectivity index (χ4n) is 2.73. The number of benzene rings is 1. The summed E-state index contributed by atoms with van der Waals surface area (Å²) in [6.07, 6.45) is -4.18. The minimum atomic E-state index is -4.65. The monoisotopic (exact) mass is 315 g/mol. The van der Waals surface area contributed by atoms with Crippen molar-refractivity contribution in [2.45, 2.75) is 43.8 Å². The van der Waals surface area contributed by atoms with Crippen LogP contribution in [0.25, 0.3) is 0 Å². The maximum absolute atomic E-state index is 12.4. The molecule has 1 aliphatic carbocycles. The van der Waals surface area contributed by atoms with Gasteiger partial charge in [-0.3, -0.25) is 4.79 Å². The number of hydrogen-bond donors (Lipinski definition) is 2. The summed E-state index contributed by atoms with van der Waals surface area (Å²) in [6.45, 7) is 0. The summed E-state index contributed by atoms with van der Waals surface area (Å²) >= 11 is 0. The van der Waals surface area contributed by atoms with E-state index >= 15 is 0 Å². The van der Waals surface area contributed by atoms with Gasteiger partial charge in [-0.15, -0.1) is 0 Å². The van der Waals surface area contributed by atoms with E-state index in [1.807, 2.05) is 17.4 Å². The predicted octanol–water partition coefficient (Wildman–Crippen LogP) is 2.63. The number of fused-ring (bicyclic) bond motifs is 1. The normalized spacial score (nSPS) is 19.1. The van der Waals surface area contributed by atoms with Crippen molar-refractivity contribution in [3.8, 4) is 0 Å². The smallest absolute Gasteiger partial charge is 0.391 e. The van der Waals surface area contributed by atoms with E-state index in [2.05, 4.69) is 0 Å². The Hall–Kier alpha value is -2.05. The summed E-state index contributed by atoms with van der Waals surface area (Å²) in [5, 5.41) is 10.9. The number of nitrogens with one attached hydrogen (secondary N) is 1. The number of halogens is 3. The van der Waals surface area contributed by atoms with Gasteiger partial charge in [-0.25, -0.2) is 4.79 Å². The van der Waals surface area contributed by atoms with Crippen LogP contribution < -0.4 is 5.32 Å². The molecule has 1 aliphatic rings. The fourth-order valence-corrected chi connectivity index (χ4v) is 2.73. The topological polar surface area (TPSA) is 66.4 Å². The maximum atomic E-state index is 12.4. The summed E-state index contributed by atoms with van der Waals surface area (Å²) in [4.78, 5) is 23.1. The number of carboxylic acid groups (broad SMARTS) is 1. The van der Waals surface area contributed by atoms with Crippen molar-refractivity contribution in [1.82, 2.24) is 5.32 Å². The summed E-state index contributed by atoms with van der Waals surface area (Å²) < 4.78 is 37.1. The van der Waals surface area contributed by atoms with Gasteiger partial charge in [-0.05, 0) is 30.4 Å². The van der Waals surface area contributed by atoms with E-state index in [9.17, 15) is 22.8 Å². The Kier molecular flexibility index (Phi) is 4.73. The molecular weight excluding hydrogens is 299 g/mol. The average molecular weight is 315 g/mol. The highest BCUT2D eigenvalue weighted by molar-refractivity contribution is 5.88. The van der Waals surface area contributed by atoms with E-state index < -0.39 is 36.4 Å². The van der Waals surface area contributed by atoms with Crippen LogP contribution in [0.5, 0.6) is 0 Å². The third-order valence-corrected chi connectivity index (χ3v) is 3.74. The number of amides is 1. The molecular formula is C15H16F3NO3. The first-order valence-corrected chi connectivity index (χ1v) is 6.95. The van der Waals surface area contributed by atoms with Gasteiger partial charge in [0.2, 0.25) is 5.91 Å². The molecule has 0 spiro atoms. The van der Waals surface area contributed by atoms with Gasteiger partial charge >= 0.3 is 12.1 Å². The predicted molar refractivity (Wildman–Crippen MR) is 72.4 cm³/mol. The zero-order valence-electron chi connectivity index (χ0n) is 11.7. The number of aliphatic carboxylic acids is 1. The molecule has 0 saturated heterocycles. The van der Waals surface area contributed by atoms with E-state index in [-0.39, 0.29) is 0 Å². The lowest BCUT2D eigenvalue weighted by Gasteiger charge is -2.26. The molecule has 0 fully saturated rings. The quantitative estimate of drug-likeness (QED) is 0.897. The highest BCUT2D eigenvalue weighted by atomic mass is 19.4. The molecule has 0 aliphatic heterocycles. The first-order valence-electron chi connectivity index (χ1n) is 6.95. The first kappa shape index (κ1) is 16.3.